The molecule has 0 saturated heterocycles. The molecule has 1 N–H and O–H groups in total. The molecule has 1 atom stereocenters. The van der Waals surface area contributed by atoms with E-state index < -0.39 is 11.9 Å². The summed E-state index contributed by atoms with van der Waals surface area (Å²) in [4.78, 5) is 11.4. The van der Waals surface area contributed by atoms with Crippen molar-refractivity contribution < 1.29 is 19.0 Å². The lowest BCUT2D eigenvalue weighted by atomic mass is 9.94. The molecule has 0 fully saturated rings. The summed E-state index contributed by atoms with van der Waals surface area (Å²) in [5, 5.41) is 9.35. The molecule has 3 nitrogen and oxygen atoms in total. The van der Waals surface area contributed by atoms with Crippen molar-refractivity contribution in [2.45, 2.75) is 32.6 Å². The van der Waals surface area contributed by atoms with Crippen molar-refractivity contribution in [1.29, 1.82) is 0 Å². The zero-order valence-electron chi connectivity index (χ0n) is 13.4. The molecule has 0 radical (unpaired) electrons. The van der Waals surface area contributed by atoms with E-state index in [-0.39, 0.29) is 5.82 Å². The van der Waals surface area contributed by atoms with Crippen LogP contribution >= 0.6 is 0 Å². The Bertz CT molecular complexity index is 665. The number of halogens is 1. The van der Waals surface area contributed by atoms with Crippen molar-refractivity contribution in [3.8, 4) is 5.75 Å². The fourth-order valence-corrected chi connectivity index (χ4v) is 2.56. The van der Waals surface area contributed by atoms with E-state index in [0.717, 1.165) is 11.3 Å². The molecule has 23 heavy (non-hydrogen) atoms. The maximum absolute atomic E-state index is 12.9. The maximum Gasteiger partial charge on any atom is 0.310 e. The van der Waals surface area contributed by atoms with Gasteiger partial charge in [0.05, 0.1) is 12.5 Å². The first kappa shape index (κ1) is 17.0. The maximum atomic E-state index is 12.9. The number of rotatable bonds is 7. The van der Waals surface area contributed by atoms with E-state index in [4.69, 9.17) is 4.74 Å². The van der Waals surface area contributed by atoms with Gasteiger partial charge in [-0.25, -0.2) is 4.39 Å². The number of carboxylic acids is 1. The summed E-state index contributed by atoms with van der Waals surface area (Å²) in [6.45, 7) is 4.46. The van der Waals surface area contributed by atoms with E-state index in [2.05, 4.69) is 0 Å². The monoisotopic (exact) mass is 316 g/mol. The Morgan fingerprint density at radius 3 is 2.48 bits per heavy atom. The second kappa shape index (κ2) is 7.77. The van der Waals surface area contributed by atoms with Gasteiger partial charge in [0.15, 0.2) is 0 Å². The smallest absolute Gasteiger partial charge is 0.310 e. The van der Waals surface area contributed by atoms with Gasteiger partial charge in [-0.15, -0.1) is 0 Å². The molecule has 122 valence electrons. The number of aryl methyl sites for hydroxylation is 2. The highest BCUT2D eigenvalue weighted by Gasteiger charge is 2.19. The summed E-state index contributed by atoms with van der Waals surface area (Å²) in [6, 6.07) is 11.6. The Morgan fingerprint density at radius 2 is 1.87 bits per heavy atom. The van der Waals surface area contributed by atoms with Gasteiger partial charge in [-0.3, -0.25) is 4.79 Å². The van der Waals surface area contributed by atoms with Crippen LogP contribution in [-0.4, -0.2) is 17.7 Å². The Morgan fingerprint density at radius 1 is 1.17 bits per heavy atom. The summed E-state index contributed by atoms with van der Waals surface area (Å²) in [5.41, 5.74) is 2.86. The Balaban J connectivity index is 1.90. The lowest BCUT2D eigenvalue weighted by Crippen LogP contribution is -2.13. The van der Waals surface area contributed by atoms with Gasteiger partial charge in [0.2, 0.25) is 0 Å². The van der Waals surface area contributed by atoms with Crippen LogP contribution in [0, 0.1) is 19.7 Å². The number of carbonyl (C=O) groups is 1. The van der Waals surface area contributed by atoms with Gasteiger partial charge in [-0.1, -0.05) is 29.8 Å². The van der Waals surface area contributed by atoms with Crippen LogP contribution in [-0.2, 0) is 4.79 Å². The highest BCUT2D eigenvalue weighted by Crippen LogP contribution is 2.23. The highest BCUT2D eigenvalue weighted by molar-refractivity contribution is 5.75. The first-order chi connectivity index (χ1) is 11.0. The van der Waals surface area contributed by atoms with Gasteiger partial charge in [0.25, 0.3) is 0 Å². The van der Waals surface area contributed by atoms with Gasteiger partial charge in [-0.2, -0.15) is 0 Å². The topological polar surface area (TPSA) is 46.5 Å². The second-order valence-electron chi connectivity index (χ2n) is 5.70. The van der Waals surface area contributed by atoms with E-state index in [1.807, 2.05) is 32.0 Å². The van der Waals surface area contributed by atoms with E-state index in [0.29, 0.717) is 25.0 Å². The van der Waals surface area contributed by atoms with Crippen molar-refractivity contribution in [2.75, 3.05) is 6.61 Å². The second-order valence-corrected chi connectivity index (χ2v) is 5.70. The minimum Gasteiger partial charge on any atom is -0.493 e. The molecular formula is C19H21FO3. The molecule has 0 aromatic heterocycles. The van der Waals surface area contributed by atoms with Crippen LogP contribution in [0.5, 0.6) is 5.75 Å². The molecular weight excluding hydrogens is 295 g/mol. The standard InChI is InChI=1S/C19H21FO3/c1-13-5-10-18(14(2)12-13)23-11-3-4-17(19(21)22)15-6-8-16(20)9-7-15/h5-10,12,17H,3-4,11H2,1-2H3,(H,21,22). The number of carboxylic acid groups (broad SMARTS) is 1. The van der Waals surface area contributed by atoms with Gasteiger partial charge in [-0.05, 0) is 56.0 Å². The zero-order chi connectivity index (χ0) is 16.8. The third kappa shape index (κ3) is 4.81. The average Bonchev–Trinajstić information content (AvgIpc) is 2.50. The Labute approximate surface area is 135 Å². The number of benzene rings is 2. The van der Waals surface area contributed by atoms with Crippen LogP contribution < -0.4 is 4.74 Å². The van der Waals surface area contributed by atoms with Crippen molar-refractivity contribution in [3.63, 3.8) is 0 Å². The minimum absolute atomic E-state index is 0.365. The molecule has 0 spiro atoms. The molecule has 2 aromatic carbocycles. The molecule has 2 rings (SSSR count). The van der Waals surface area contributed by atoms with Crippen molar-refractivity contribution >= 4 is 5.97 Å². The van der Waals surface area contributed by atoms with E-state index in [1.165, 1.54) is 29.8 Å². The SMILES string of the molecule is Cc1ccc(OCCCC(C(=O)O)c2ccc(F)cc2)c(C)c1. The number of ether oxygens (including phenoxy) is 1. The lowest BCUT2D eigenvalue weighted by molar-refractivity contribution is -0.139. The molecule has 0 bridgehead atoms. The normalized spacial score (nSPS) is 12.0. The van der Waals surface area contributed by atoms with Crippen LogP contribution in [0.4, 0.5) is 4.39 Å². The quantitative estimate of drug-likeness (QED) is 0.767. The molecule has 0 aliphatic heterocycles. The van der Waals surface area contributed by atoms with Crippen LogP contribution in [0.25, 0.3) is 0 Å². The van der Waals surface area contributed by atoms with E-state index >= 15 is 0 Å². The molecule has 0 amide bonds. The first-order valence-corrected chi connectivity index (χ1v) is 7.65. The van der Waals surface area contributed by atoms with Crippen LogP contribution in [0.15, 0.2) is 42.5 Å². The fraction of sp³-hybridized carbons (Fsp3) is 0.316. The fourth-order valence-electron chi connectivity index (χ4n) is 2.56. The lowest BCUT2D eigenvalue weighted by Gasteiger charge is -2.14. The summed E-state index contributed by atoms with van der Waals surface area (Å²) in [6.07, 6.45) is 1.06. The molecule has 0 saturated carbocycles. The third-order valence-corrected chi connectivity index (χ3v) is 3.80. The zero-order valence-corrected chi connectivity index (χ0v) is 13.4. The Hall–Kier alpha value is -2.36. The third-order valence-electron chi connectivity index (χ3n) is 3.80. The van der Waals surface area contributed by atoms with Crippen molar-refractivity contribution in [2.24, 2.45) is 0 Å². The van der Waals surface area contributed by atoms with Gasteiger partial charge in [0, 0.05) is 0 Å². The van der Waals surface area contributed by atoms with Gasteiger partial charge >= 0.3 is 5.97 Å². The van der Waals surface area contributed by atoms with E-state index in [1.54, 1.807) is 0 Å². The van der Waals surface area contributed by atoms with Crippen LogP contribution in [0.2, 0.25) is 0 Å². The molecule has 4 heteroatoms. The van der Waals surface area contributed by atoms with Crippen molar-refractivity contribution in [1.82, 2.24) is 0 Å². The Kier molecular flexibility index (Phi) is 5.74. The molecule has 2 aromatic rings. The average molecular weight is 316 g/mol. The molecule has 0 heterocycles. The predicted molar refractivity (Wildman–Crippen MR) is 87.4 cm³/mol. The minimum atomic E-state index is -0.900. The molecule has 0 aliphatic rings. The first-order valence-electron chi connectivity index (χ1n) is 7.65. The van der Waals surface area contributed by atoms with Crippen molar-refractivity contribution in [3.05, 3.63) is 65.0 Å². The van der Waals surface area contributed by atoms with Crippen LogP contribution in [0.3, 0.4) is 0 Å². The summed E-state index contributed by atoms with van der Waals surface area (Å²) in [7, 11) is 0. The number of aliphatic carboxylic acids is 1. The number of hydrogen-bond donors (Lipinski definition) is 1. The molecule has 1 unspecified atom stereocenters. The number of hydrogen-bond acceptors (Lipinski definition) is 2. The van der Waals surface area contributed by atoms with Gasteiger partial charge in [0.1, 0.15) is 11.6 Å². The highest BCUT2D eigenvalue weighted by atomic mass is 19.1. The van der Waals surface area contributed by atoms with E-state index in [9.17, 15) is 14.3 Å². The van der Waals surface area contributed by atoms with Gasteiger partial charge < -0.3 is 9.84 Å². The summed E-state index contributed by atoms with van der Waals surface area (Å²) < 4.78 is 18.7. The molecule has 0 aliphatic carbocycles. The predicted octanol–water partition coefficient (Wildman–Crippen LogP) is 4.47. The van der Waals surface area contributed by atoms with Crippen LogP contribution in [0.1, 0.15) is 35.4 Å². The largest absolute Gasteiger partial charge is 0.493 e. The summed E-state index contributed by atoms with van der Waals surface area (Å²) >= 11 is 0. The summed E-state index contributed by atoms with van der Waals surface area (Å²) in [5.74, 6) is -1.08.